The minimum absolute atomic E-state index is 0. The molecule has 0 N–H and O–H groups in total. The summed E-state index contributed by atoms with van der Waals surface area (Å²) < 4.78 is 0. The summed E-state index contributed by atoms with van der Waals surface area (Å²) in [6.45, 7) is 0. The largest absolute Gasteiger partial charge is 0.358 e. The molecule has 0 saturated carbocycles. The fourth-order valence-corrected chi connectivity index (χ4v) is 0.856. The predicted molar refractivity (Wildman–Crippen MR) is 43.2 cm³/mol. The van der Waals surface area contributed by atoms with Gasteiger partial charge in [0.2, 0.25) is 0 Å². The Balaban J connectivity index is 0. The molecule has 0 aliphatic heterocycles. The first-order valence-electron chi connectivity index (χ1n) is 3.30. The molecule has 0 aromatic carbocycles. The van der Waals surface area contributed by atoms with Crippen LogP contribution in [-0.2, 0) is 20.4 Å². The van der Waals surface area contributed by atoms with Gasteiger partial charge in [-0.15, -0.1) is 0 Å². The van der Waals surface area contributed by atoms with Crippen LogP contribution < -0.4 is 0 Å². The molecule has 0 unspecified atom stereocenters. The normalized spacial score (nSPS) is 16.0. The van der Waals surface area contributed by atoms with E-state index in [1.54, 1.807) is 0 Å². The van der Waals surface area contributed by atoms with E-state index in [2.05, 4.69) is 24.3 Å². The molecule has 62 valence electrons. The minimum atomic E-state index is 0. The summed E-state index contributed by atoms with van der Waals surface area (Å²) in [5.74, 6) is 0. The van der Waals surface area contributed by atoms with Crippen molar-refractivity contribution in [3.8, 4) is 0 Å². The molecular formula is C9H15Pd-. The molecule has 0 spiro atoms. The first-order chi connectivity index (χ1) is 4.00. The van der Waals surface area contributed by atoms with Gasteiger partial charge in [-0.25, -0.2) is 0 Å². The molecule has 1 aliphatic rings. The Morgan fingerprint density at radius 1 is 0.600 bits per heavy atom. The van der Waals surface area contributed by atoms with E-state index >= 15 is 0 Å². The van der Waals surface area contributed by atoms with Crippen LogP contribution in [0.2, 0.25) is 0 Å². The van der Waals surface area contributed by atoms with Gasteiger partial charge in [0.05, 0.1) is 0 Å². The van der Waals surface area contributed by atoms with Gasteiger partial charge in [-0.1, -0.05) is 24.3 Å². The number of rotatable bonds is 0. The van der Waals surface area contributed by atoms with E-state index in [0.29, 0.717) is 0 Å². The summed E-state index contributed by atoms with van der Waals surface area (Å²) in [5, 5.41) is 0. The smallest absolute Gasteiger partial charge is 0 e. The van der Waals surface area contributed by atoms with Crippen molar-refractivity contribution < 1.29 is 20.4 Å². The summed E-state index contributed by atoms with van der Waals surface area (Å²) in [5.41, 5.74) is 0. The average molecular weight is 230 g/mol. The van der Waals surface area contributed by atoms with Crippen LogP contribution in [0.5, 0.6) is 0 Å². The van der Waals surface area contributed by atoms with Crippen LogP contribution >= 0.6 is 0 Å². The average Bonchev–Trinajstić information content (AvgIpc) is 1.62. The van der Waals surface area contributed by atoms with E-state index in [4.69, 9.17) is 0 Å². The SMILES string of the molecule is C1=CCCC=CCC1.[CH3-].[Pd]. The second kappa shape index (κ2) is 9.14. The van der Waals surface area contributed by atoms with Gasteiger partial charge >= 0.3 is 0 Å². The summed E-state index contributed by atoms with van der Waals surface area (Å²) in [6.07, 6.45) is 14.0. The van der Waals surface area contributed by atoms with E-state index < -0.39 is 0 Å². The van der Waals surface area contributed by atoms with Gasteiger partial charge in [0.1, 0.15) is 0 Å². The van der Waals surface area contributed by atoms with Crippen LogP contribution in [0.25, 0.3) is 0 Å². The van der Waals surface area contributed by atoms with Crippen molar-refractivity contribution in [2.75, 3.05) is 0 Å². The Bertz CT molecular complexity index is 77.3. The molecule has 0 aromatic heterocycles. The molecule has 0 amide bonds. The number of allylic oxidation sites excluding steroid dienone is 4. The molecule has 10 heavy (non-hydrogen) atoms. The minimum Gasteiger partial charge on any atom is -0.358 e. The zero-order valence-corrected chi connectivity index (χ0v) is 8.01. The second-order valence-electron chi connectivity index (χ2n) is 2.10. The van der Waals surface area contributed by atoms with Crippen molar-refractivity contribution >= 4 is 0 Å². The molecule has 0 saturated heterocycles. The standard InChI is InChI=1S/C8H12.CH3.Pd/c1-2-4-6-8-7-5-3-1;;/h1-2,7-8H,3-6H2;1H3;/q;-1;. The summed E-state index contributed by atoms with van der Waals surface area (Å²) >= 11 is 0. The van der Waals surface area contributed by atoms with Gasteiger partial charge in [-0.3, -0.25) is 0 Å². The van der Waals surface area contributed by atoms with Crippen LogP contribution in [0.3, 0.4) is 0 Å². The van der Waals surface area contributed by atoms with Crippen LogP contribution in [-0.4, -0.2) is 0 Å². The van der Waals surface area contributed by atoms with Gasteiger partial charge in [-0.05, 0) is 25.7 Å². The van der Waals surface area contributed by atoms with Crippen molar-refractivity contribution in [2.24, 2.45) is 0 Å². The van der Waals surface area contributed by atoms with Crippen LogP contribution in [0.15, 0.2) is 24.3 Å². The topological polar surface area (TPSA) is 0 Å². The van der Waals surface area contributed by atoms with Crippen molar-refractivity contribution in [2.45, 2.75) is 25.7 Å². The molecule has 0 radical (unpaired) electrons. The maximum atomic E-state index is 2.27. The third-order valence-electron chi connectivity index (χ3n) is 1.33. The van der Waals surface area contributed by atoms with E-state index in [1.165, 1.54) is 25.7 Å². The summed E-state index contributed by atoms with van der Waals surface area (Å²) in [4.78, 5) is 0. The quantitative estimate of drug-likeness (QED) is 0.340. The van der Waals surface area contributed by atoms with E-state index in [-0.39, 0.29) is 27.8 Å². The second-order valence-corrected chi connectivity index (χ2v) is 2.10. The summed E-state index contributed by atoms with van der Waals surface area (Å²) in [7, 11) is 0. The van der Waals surface area contributed by atoms with Crippen LogP contribution in [0.1, 0.15) is 25.7 Å². The molecule has 0 aromatic rings. The Hall–Kier alpha value is 0.142. The Kier molecular flexibility index (Phi) is 11.7. The van der Waals surface area contributed by atoms with Crippen molar-refractivity contribution in [1.29, 1.82) is 0 Å². The van der Waals surface area contributed by atoms with Crippen molar-refractivity contribution in [3.63, 3.8) is 0 Å². The van der Waals surface area contributed by atoms with Crippen LogP contribution in [0, 0.1) is 7.43 Å². The first kappa shape index (κ1) is 12.8. The zero-order chi connectivity index (χ0) is 5.66. The zero-order valence-electron chi connectivity index (χ0n) is 6.45. The number of hydrogen-bond donors (Lipinski definition) is 0. The van der Waals surface area contributed by atoms with Crippen molar-refractivity contribution in [3.05, 3.63) is 31.7 Å². The van der Waals surface area contributed by atoms with E-state index in [0.717, 1.165) is 0 Å². The molecule has 0 atom stereocenters. The number of hydrogen-bond acceptors (Lipinski definition) is 0. The van der Waals surface area contributed by atoms with Crippen molar-refractivity contribution in [1.82, 2.24) is 0 Å². The van der Waals surface area contributed by atoms with Gasteiger partial charge in [0.15, 0.2) is 0 Å². The third-order valence-corrected chi connectivity index (χ3v) is 1.33. The molecule has 1 aliphatic carbocycles. The molecule has 0 bridgehead atoms. The summed E-state index contributed by atoms with van der Waals surface area (Å²) in [6, 6.07) is 0. The molecule has 0 fully saturated rings. The van der Waals surface area contributed by atoms with Gasteiger partial charge in [-0.2, -0.15) is 0 Å². The maximum absolute atomic E-state index is 2.27. The fourth-order valence-electron chi connectivity index (χ4n) is 0.856. The Morgan fingerprint density at radius 2 is 0.800 bits per heavy atom. The van der Waals surface area contributed by atoms with Crippen LogP contribution in [0.4, 0.5) is 0 Å². The molecule has 1 rings (SSSR count). The predicted octanol–water partition coefficient (Wildman–Crippen LogP) is 3.12. The molecule has 0 heterocycles. The molecule has 0 nitrogen and oxygen atoms in total. The molecular weight excluding hydrogens is 215 g/mol. The Morgan fingerprint density at radius 3 is 1.00 bits per heavy atom. The van der Waals surface area contributed by atoms with Gasteiger partial charge < -0.3 is 7.43 Å². The fraction of sp³-hybridized carbons (Fsp3) is 0.444. The van der Waals surface area contributed by atoms with Gasteiger partial charge in [0.25, 0.3) is 0 Å². The van der Waals surface area contributed by atoms with E-state index in [1.807, 2.05) is 0 Å². The first-order valence-corrected chi connectivity index (χ1v) is 3.30. The van der Waals surface area contributed by atoms with Gasteiger partial charge in [0, 0.05) is 20.4 Å². The Labute approximate surface area is 78.1 Å². The monoisotopic (exact) mass is 229 g/mol. The molecule has 1 heteroatoms. The maximum Gasteiger partial charge on any atom is 0 e. The third kappa shape index (κ3) is 6.27. The van der Waals surface area contributed by atoms with E-state index in [9.17, 15) is 0 Å².